The molecular weight excluding hydrogens is 158 g/mol. The smallest absolute Gasteiger partial charge is 0.253 e. The number of aryl methyl sites for hydroxylation is 2. The Kier molecular flexibility index (Phi) is 1.29. The molecule has 1 aliphatic rings. The van der Waals surface area contributed by atoms with Crippen molar-refractivity contribution in [3.63, 3.8) is 0 Å². The third kappa shape index (κ3) is 0.807. The molecule has 0 saturated carbocycles. The molecule has 58 valence electrons. The first-order valence-electron chi connectivity index (χ1n) is 3.57. The Morgan fingerprint density at radius 2 is 2.09 bits per heavy atom. The summed E-state index contributed by atoms with van der Waals surface area (Å²) in [7, 11) is 0. The van der Waals surface area contributed by atoms with E-state index < -0.39 is 0 Å². The maximum Gasteiger partial charge on any atom is 0.253 e. The minimum Gasteiger partial charge on any atom is -0.348 e. The molecule has 0 unspecified atom stereocenters. The highest BCUT2D eigenvalue weighted by atomic mass is 32.1. The first kappa shape index (κ1) is 6.85. The Morgan fingerprint density at radius 3 is 2.73 bits per heavy atom. The van der Waals surface area contributed by atoms with Gasteiger partial charge in [-0.2, -0.15) is 0 Å². The van der Waals surface area contributed by atoms with Gasteiger partial charge in [0.05, 0.1) is 5.56 Å². The summed E-state index contributed by atoms with van der Waals surface area (Å²) in [6.45, 7) is 4.79. The lowest BCUT2D eigenvalue weighted by Gasteiger charge is -1.90. The van der Waals surface area contributed by atoms with Crippen LogP contribution in [0.1, 0.15) is 25.7 Å². The van der Waals surface area contributed by atoms with Gasteiger partial charge in [0.2, 0.25) is 0 Å². The first-order chi connectivity index (χ1) is 5.20. The monoisotopic (exact) mass is 167 g/mol. The number of fused-ring (bicyclic) bond motifs is 1. The van der Waals surface area contributed by atoms with Gasteiger partial charge in [0.25, 0.3) is 5.91 Å². The second-order valence-corrected chi connectivity index (χ2v) is 4.18. The van der Waals surface area contributed by atoms with Crippen molar-refractivity contribution in [3.8, 4) is 0 Å². The first-order valence-corrected chi connectivity index (χ1v) is 4.39. The molecule has 2 nitrogen and oxygen atoms in total. The Labute approximate surface area is 69.2 Å². The Morgan fingerprint density at radius 1 is 1.36 bits per heavy atom. The molecule has 0 saturated heterocycles. The molecule has 1 amide bonds. The van der Waals surface area contributed by atoms with E-state index >= 15 is 0 Å². The second kappa shape index (κ2) is 2.08. The average Bonchev–Trinajstić information content (AvgIpc) is 2.41. The van der Waals surface area contributed by atoms with Crippen LogP contribution >= 0.6 is 11.3 Å². The van der Waals surface area contributed by atoms with Crippen molar-refractivity contribution in [2.24, 2.45) is 0 Å². The summed E-state index contributed by atoms with van der Waals surface area (Å²) in [4.78, 5) is 13.6. The van der Waals surface area contributed by atoms with Gasteiger partial charge in [0.1, 0.15) is 0 Å². The van der Waals surface area contributed by atoms with Crippen molar-refractivity contribution >= 4 is 17.2 Å². The number of carbonyl (C=O) groups excluding carboxylic acids is 1. The van der Waals surface area contributed by atoms with Crippen molar-refractivity contribution in [3.05, 3.63) is 20.9 Å². The van der Waals surface area contributed by atoms with Gasteiger partial charge in [-0.3, -0.25) is 4.79 Å². The van der Waals surface area contributed by atoms with Crippen LogP contribution in [0.2, 0.25) is 0 Å². The van der Waals surface area contributed by atoms with Crippen LogP contribution in [0.15, 0.2) is 0 Å². The average molecular weight is 167 g/mol. The van der Waals surface area contributed by atoms with Gasteiger partial charge >= 0.3 is 0 Å². The standard InChI is InChI=1S/C8H9NOS/c1-4-6-3-9-8(10)7(6)5(2)11-4/h3H2,1-2H3,(H,9,10). The van der Waals surface area contributed by atoms with Crippen LogP contribution in [0, 0.1) is 13.8 Å². The molecule has 1 N–H and O–H groups in total. The molecule has 0 spiro atoms. The molecule has 2 heterocycles. The van der Waals surface area contributed by atoms with Crippen LogP contribution in [-0.2, 0) is 6.54 Å². The maximum absolute atomic E-state index is 11.2. The van der Waals surface area contributed by atoms with E-state index in [0.717, 1.165) is 17.0 Å². The van der Waals surface area contributed by atoms with Crippen LogP contribution in [-0.4, -0.2) is 5.91 Å². The minimum absolute atomic E-state index is 0.0989. The van der Waals surface area contributed by atoms with Gasteiger partial charge < -0.3 is 5.32 Å². The van der Waals surface area contributed by atoms with Crippen molar-refractivity contribution < 1.29 is 4.79 Å². The molecule has 1 aliphatic heterocycles. The molecule has 0 aromatic carbocycles. The third-order valence-corrected chi connectivity index (χ3v) is 3.10. The Balaban J connectivity index is 2.69. The summed E-state index contributed by atoms with van der Waals surface area (Å²) in [6.07, 6.45) is 0. The fourth-order valence-corrected chi connectivity index (χ4v) is 2.57. The summed E-state index contributed by atoms with van der Waals surface area (Å²) in [6, 6.07) is 0. The third-order valence-electron chi connectivity index (χ3n) is 2.04. The van der Waals surface area contributed by atoms with Gasteiger partial charge in [-0.05, 0) is 19.4 Å². The normalized spacial score (nSPS) is 14.9. The maximum atomic E-state index is 11.2. The molecule has 1 aromatic rings. The number of carbonyl (C=O) groups is 1. The highest BCUT2D eigenvalue weighted by Gasteiger charge is 2.24. The molecule has 0 fully saturated rings. The largest absolute Gasteiger partial charge is 0.348 e. The summed E-state index contributed by atoms with van der Waals surface area (Å²) >= 11 is 1.71. The SMILES string of the molecule is Cc1sc(C)c2c1CNC2=O. The van der Waals surface area contributed by atoms with Gasteiger partial charge in [-0.25, -0.2) is 0 Å². The van der Waals surface area contributed by atoms with Crippen LogP contribution in [0.5, 0.6) is 0 Å². The van der Waals surface area contributed by atoms with E-state index in [9.17, 15) is 4.79 Å². The van der Waals surface area contributed by atoms with Crippen molar-refractivity contribution in [1.29, 1.82) is 0 Å². The zero-order valence-corrected chi connectivity index (χ0v) is 7.34. The lowest BCUT2D eigenvalue weighted by molar-refractivity contribution is 0.0965. The summed E-state index contributed by atoms with van der Waals surface area (Å²) < 4.78 is 0. The highest BCUT2D eigenvalue weighted by Crippen LogP contribution is 2.30. The molecule has 0 aliphatic carbocycles. The molecular formula is C8H9NOS. The predicted molar refractivity (Wildman–Crippen MR) is 45.0 cm³/mol. The zero-order valence-electron chi connectivity index (χ0n) is 6.52. The van der Waals surface area contributed by atoms with Crippen LogP contribution in [0.4, 0.5) is 0 Å². The van der Waals surface area contributed by atoms with E-state index in [1.54, 1.807) is 11.3 Å². The van der Waals surface area contributed by atoms with Gasteiger partial charge in [-0.1, -0.05) is 0 Å². The molecule has 11 heavy (non-hydrogen) atoms. The van der Waals surface area contributed by atoms with Crippen molar-refractivity contribution in [1.82, 2.24) is 5.32 Å². The van der Waals surface area contributed by atoms with E-state index in [2.05, 4.69) is 12.2 Å². The molecule has 3 heteroatoms. The zero-order chi connectivity index (χ0) is 8.01. The fraction of sp³-hybridized carbons (Fsp3) is 0.375. The molecule has 0 radical (unpaired) electrons. The van der Waals surface area contributed by atoms with Gasteiger partial charge in [0, 0.05) is 16.3 Å². The Hall–Kier alpha value is -0.830. The summed E-state index contributed by atoms with van der Waals surface area (Å²) in [5, 5.41) is 2.81. The summed E-state index contributed by atoms with van der Waals surface area (Å²) in [5.41, 5.74) is 2.13. The predicted octanol–water partition coefficient (Wildman–Crippen LogP) is 1.61. The van der Waals surface area contributed by atoms with E-state index in [-0.39, 0.29) is 5.91 Å². The molecule has 2 rings (SSSR count). The lowest BCUT2D eigenvalue weighted by Crippen LogP contribution is -2.13. The van der Waals surface area contributed by atoms with Crippen LogP contribution in [0.25, 0.3) is 0 Å². The van der Waals surface area contributed by atoms with E-state index in [1.165, 1.54) is 10.4 Å². The highest BCUT2D eigenvalue weighted by molar-refractivity contribution is 7.12. The van der Waals surface area contributed by atoms with Crippen LogP contribution in [0.3, 0.4) is 0 Å². The number of thiophene rings is 1. The van der Waals surface area contributed by atoms with E-state index in [1.807, 2.05) is 6.92 Å². The number of rotatable bonds is 0. The van der Waals surface area contributed by atoms with Gasteiger partial charge in [-0.15, -0.1) is 11.3 Å². The Bertz CT molecular complexity index is 327. The van der Waals surface area contributed by atoms with E-state index in [0.29, 0.717) is 0 Å². The summed E-state index contributed by atoms with van der Waals surface area (Å²) in [5.74, 6) is 0.0989. The molecule has 1 aromatic heterocycles. The second-order valence-electron chi connectivity index (χ2n) is 2.75. The van der Waals surface area contributed by atoms with Crippen molar-refractivity contribution in [2.75, 3.05) is 0 Å². The number of amides is 1. The number of nitrogens with one attached hydrogen (secondary N) is 1. The van der Waals surface area contributed by atoms with Crippen LogP contribution < -0.4 is 5.32 Å². The fourth-order valence-electron chi connectivity index (χ4n) is 1.50. The lowest BCUT2D eigenvalue weighted by atomic mass is 10.1. The van der Waals surface area contributed by atoms with E-state index in [4.69, 9.17) is 0 Å². The number of hydrogen-bond donors (Lipinski definition) is 1. The molecule has 0 bridgehead atoms. The topological polar surface area (TPSA) is 29.1 Å². The quantitative estimate of drug-likeness (QED) is 0.625. The molecule has 0 atom stereocenters. The van der Waals surface area contributed by atoms with Gasteiger partial charge in [0.15, 0.2) is 0 Å². The van der Waals surface area contributed by atoms with Crippen molar-refractivity contribution in [2.45, 2.75) is 20.4 Å². The number of hydrogen-bond acceptors (Lipinski definition) is 2. The minimum atomic E-state index is 0.0989.